The molecule has 0 aliphatic heterocycles. The molecule has 1 aromatic heterocycles. The van der Waals surface area contributed by atoms with E-state index in [1.54, 1.807) is 7.11 Å². The van der Waals surface area contributed by atoms with E-state index in [2.05, 4.69) is 37.1 Å². The van der Waals surface area contributed by atoms with Crippen molar-refractivity contribution in [2.45, 2.75) is 52.9 Å². The molecule has 0 bridgehead atoms. The molecule has 1 N–H and O–H groups in total. The van der Waals surface area contributed by atoms with Crippen molar-refractivity contribution in [3.63, 3.8) is 0 Å². The zero-order valence-electron chi connectivity index (χ0n) is 17.6. The van der Waals surface area contributed by atoms with E-state index in [4.69, 9.17) is 9.47 Å². The molecular formula is C22H30N2O4S. The fraction of sp³-hybridized carbons (Fsp3) is 0.500. The number of nitrogens with one attached hydrogen (secondary N) is 1. The molecule has 2 rings (SSSR count). The van der Waals surface area contributed by atoms with E-state index in [0.29, 0.717) is 17.7 Å². The van der Waals surface area contributed by atoms with Gasteiger partial charge >= 0.3 is 5.97 Å². The first-order chi connectivity index (χ1) is 13.9. The van der Waals surface area contributed by atoms with Gasteiger partial charge in [-0.3, -0.25) is 9.59 Å². The third-order valence-corrected chi connectivity index (χ3v) is 5.42. The molecule has 1 aromatic carbocycles. The lowest BCUT2D eigenvalue weighted by Crippen LogP contribution is -2.15. The molecule has 0 aliphatic rings. The first kappa shape index (κ1) is 22.9. The van der Waals surface area contributed by atoms with Crippen LogP contribution >= 0.6 is 11.3 Å². The van der Waals surface area contributed by atoms with Crippen molar-refractivity contribution >= 4 is 38.6 Å². The summed E-state index contributed by atoms with van der Waals surface area (Å²) < 4.78 is 11.4. The Bertz CT molecular complexity index is 856. The molecule has 0 spiro atoms. The molecule has 0 fully saturated rings. The Kier molecular flexibility index (Phi) is 9.12. The number of rotatable bonds is 11. The largest absolute Gasteiger partial charge is 0.497 e. The number of benzene rings is 1. The molecule has 0 unspecified atom stereocenters. The summed E-state index contributed by atoms with van der Waals surface area (Å²) in [4.78, 5) is 28.3. The van der Waals surface area contributed by atoms with Gasteiger partial charge in [-0.25, -0.2) is 4.98 Å². The number of carbonyl (C=O) groups is 2. The maximum atomic E-state index is 12.1. The van der Waals surface area contributed by atoms with Crippen molar-refractivity contribution in [2.24, 2.45) is 5.92 Å². The standard InChI is InChI=1S/C22H30N2O4S/c1-15(2)6-5-7-16(3)12-13-28-21(26)11-10-20(25)24-22-23-18-9-8-17(27-4)14-19(18)29-22/h6,8-9,14,16H,5,7,10-13H2,1-4H3,(H,23,24,25)/t16-/m0/s1. The van der Waals surface area contributed by atoms with Crippen LogP contribution in [0.4, 0.5) is 5.13 Å². The minimum Gasteiger partial charge on any atom is -0.497 e. The minimum absolute atomic E-state index is 0.0662. The number of hydrogen-bond acceptors (Lipinski definition) is 6. The first-order valence-electron chi connectivity index (χ1n) is 9.90. The molecule has 1 heterocycles. The number of allylic oxidation sites excluding steroid dienone is 2. The lowest BCUT2D eigenvalue weighted by molar-refractivity contribution is -0.145. The number of nitrogens with zero attached hydrogens (tertiary/aromatic N) is 1. The maximum Gasteiger partial charge on any atom is 0.306 e. The number of aromatic nitrogens is 1. The van der Waals surface area contributed by atoms with Crippen LogP contribution in [0.25, 0.3) is 10.2 Å². The summed E-state index contributed by atoms with van der Waals surface area (Å²) in [5.74, 6) is 0.654. The average Bonchev–Trinajstić information content (AvgIpc) is 3.07. The summed E-state index contributed by atoms with van der Waals surface area (Å²) in [6, 6.07) is 5.55. The predicted molar refractivity (Wildman–Crippen MR) is 117 cm³/mol. The fourth-order valence-corrected chi connectivity index (χ4v) is 3.64. The third kappa shape index (κ3) is 8.23. The Morgan fingerprint density at radius 2 is 2.03 bits per heavy atom. The van der Waals surface area contributed by atoms with Crippen molar-refractivity contribution < 1.29 is 19.1 Å². The van der Waals surface area contributed by atoms with E-state index in [-0.39, 0.29) is 24.7 Å². The highest BCUT2D eigenvalue weighted by Crippen LogP contribution is 2.29. The molecule has 29 heavy (non-hydrogen) atoms. The van der Waals surface area contributed by atoms with E-state index in [9.17, 15) is 9.59 Å². The summed E-state index contributed by atoms with van der Waals surface area (Å²) in [6.07, 6.45) is 5.34. The Balaban J connectivity index is 1.67. The van der Waals surface area contributed by atoms with Crippen molar-refractivity contribution in [1.29, 1.82) is 0 Å². The first-order valence-corrected chi connectivity index (χ1v) is 10.7. The van der Waals surface area contributed by atoms with Gasteiger partial charge in [0.2, 0.25) is 5.91 Å². The van der Waals surface area contributed by atoms with Crippen LogP contribution in [-0.4, -0.2) is 30.6 Å². The molecule has 1 atom stereocenters. The quantitative estimate of drug-likeness (QED) is 0.394. The van der Waals surface area contributed by atoms with Gasteiger partial charge in [-0.05, 0) is 57.2 Å². The summed E-state index contributed by atoms with van der Waals surface area (Å²) in [5.41, 5.74) is 2.12. The number of hydrogen-bond donors (Lipinski definition) is 1. The van der Waals surface area contributed by atoms with E-state index in [1.807, 2.05) is 18.2 Å². The highest BCUT2D eigenvalue weighted by molar-refractivity contribution is 7.22. The maximum absolute atomic E-state index is 12.1. The molecule has 2 aromatic rings. The zero-order chi connectivity index (χ0) is 21.2. The van der Waals surface area contributed by atoms with Crippen molar-refractivity contribution in [3.8, 4) is 5.75 Å². The minimum atomic E-state index is -0.342. The molecule has 0 aliphatic carbocycles. The summed E-state index contributed by atoms with van der Waals surface area (Å²) >= 11 is 1.37. The Hall–Kier alpha value is -2.41. The van der Waals surface area contributed by atoms with E-state index < -0.39 is 0 Å². The summed E-state index contributed by atoms with van der Waals surface area (Å²) in [7, 11) is 1.61. The zero-order valence-corrected chi connectivity index (χ0v) is 18.4. The molecule has 0 saturated heterocycles. The topological polar surface area (TPSA) is 77.5 Å². The lowest BCUT2D eigenvalue weighted by Gasteiger charge is -2.10. The van der Waals surface area contributed by atoms with Crippen molar-refractivity contribution in [2.75, 3.05) is 19.0 Å². The van der Waals surface area contributed by atoms with Gasteiger partial charge in [0.1, 0.15) is 5.75 Å². The van der Waals surface area contributed by atoms with Crippen LogP contribution in [0.15, 0.2) is 29.8 Å². The van der Waals surface area contributed by atoms with Gasteiger partial charge in [-0.15, -0.1) is 0 Å². The summed E-state index contributed by atoms with van der Waals surface area (Å²) in [5, 5.41) is 3.26. The molecule has 0 saturated carbocycles. The second-order valence-electron chi connectivity index (χ2n) is 7.37. The van der Waals surface area contributed by atoms with Gasteiger partial charge in [0.05, 0.1) is 30.4 Å². The van der Waals surface area contributed by atoms with Gasteiger partial charge in [-0.1, -0.05) is 29.9 Å². The smallest absolute Gasteiger partial charge is 0.306 e. The van der Waals surface area contributed by atoms with Crippen LogP contribution < -0.4 is 10.1 Å². The number of anilines is 1. The average molecular weight is 419 g/mol. The highest BCUT2D eigenvalue weighted by atomic mass is 32.1. The second kappa shape index (κ2) is 11.6. The van der Waals surface area contributed by atoms with E-state index >= 15 is 0 Å². The van der Waals surface area contributed by atoms with Gasteiger partial charge in [0.15, 0.2) is 5.13 Å². The van der Waals surface area contributed by atoms with Gasteiger partial charge in [-0.2, -0.15) is 0 Å². The van der Waals surface area contributed by atoms with E-state index in [0.717, 1.165) is 35.2 Å². The Labute approximate surface area is 176 Å². The van der Waals surface area contributed by atoms with Crippen LogP contribution in [0.3, 0.4) is 0 Å². The van der Waals surface area contributed by atoms with Crippen LogP contribution in [0, 0.1) is 5.92 Å². The highest BCUT2D eigenvalue weighted by Gasteiger charge is 2.12. The predicted octanol–water partition coefficient (Wildman–Crippen LogP) is 5.34. The molecule has 7 heteroatoms. The number of ether oxygens (including phenoxy) is 2. The Morgan fingerprint density at radius 1 is 1.24 bits per heavy atom. The molecular weight excluding hydrogens is 388 g/mol. The number of amides is 1. The van der Waals surface area contributed by atoms with Gasteiger partial charge in [0.25, 0.3) is 0 Å². The van der Waals surface area contributed by atoms with Crippen LogP contribution in [0.1, 0.15) is 52.9 Å². The SMILES string of the molecule is COc1ccc2nc(NC(=O)CCC(=O)OCC[C@@H](C)CCC=C(C)C)sc2c1. The molecule has 6 nitrogen and oxygen atoms in total. The number of thiazole rings is 1. The number of esters is 1. The number of fused-ring (bicyclic) bond motifs is 1. The van der Waals surface area contributed by atoms with Gasteiger partial charge in [0, 0.05) is 6.42 Å². The molecule has 1 amide bonds. The normalized spacial score (nSPS) is 11.7. The molecule has 158 valence electrons. The Morgan fingerprint density at radius 3 is 2.76 bits per heavy atom. The van der Waals surface area contributed by atoms with Crippen molar-refractivity contribution in [1.82, 2.24) is 4.98 Å². The lowest BCUT2D eigenvalue weighted by atomic mass is 10.0. The monoisotopic (exact) mass is 418 g/mol. The van der Waals surface area contributed by atoms with Crippen LogP contribution in [-0.2, 0) is 14.3 Å². The number of carbonyl (C=O) groups excluding carboxylic acids is 2. The van der Waals surface area contributed by atoms with Crippen molar-refractivity contribution in [3.05, 3.63) is 29.8 Å². The second-order valence-corrected chi connectivity index (χ2v) is 8.40. The van der Waals surface area contributed by atoms with Crippen LogP contribution in [0.5, 0.6) is 5.75 Å². The van der Waals surface area contributed by atoms with Crippen LogP contribution in [0.2, 0.25) is 0 Å². The van der Waals surface area contributed by atoms with Gasteiger partial charge < -0.3 is 14.8 Å². The molecule has 0 radical (unpaired) electrons. The number of methoxy groups -OCH3 is 1. The third-order valence-electron chi connectivity index (χ3n) is 4.48. The fourth-order valence-electron chi connectivity index (χ4n) is 2.73. The van der Waals surface area contributed by atoms with E-state index in [1.165, 1.54) is 16.9 Å². The summed E-state index contributed by atoms with van der Waals surface area (Å²) in [6.45, 7) is 6.75.